The molecule has 2 amide bonds. The maximum Gasteiger partial charge on any atom is 0.264 e. The number of methoxy groups -OCH3 is 1. The summed E-state index contributed by atoms with van der Waals surface area (Å²) in [6, 6.07) is 21.6. The van der Waals surface area contributed by atoms with E-state index in [2.05, 4.69) is 5.32 Å². The van der Waals surface area contributed by atoms with E-state index in [4.69, 9.17) is 4.74 Å². The van der Waals surface area contributed by atoms with Crippen LogP contribution in [-0.2, 0) is 32.6 Å². The number of hydrogen-bond donors (Lipinski definition) is 1. The third kappa shape index (κ3) is 7.63. The fourth-order valence-electron chi connectivity index (χ4n) is 4.29. The van der Waals surface area contributed by atoms with Crippen LogP contribution in [-0.4, -0.2) is 51.4 Å². The maximum atomic E-state index is 14.1. The molecule has 0 aromatic heterocycles. The summed E-state index contributed by atoms with van der Waals surface area (Å²) in [6.45, 7) is 7.65. The molecule has 0 spiro atoms. The Bertz CT molecular complexity index is 1390. The summed E-state index contributed by atoms with van der Waals surface area (Å²) in [5.41, 5.74) is 1.97. The van der Waals surface area contributed by atoms with Crippen LogP contribution < -0.4 is 14.4 Å². The van der Waals surface area contributed by atoms with E-state index in [0.717, 1.165) is 15.4 Å². The first-order chi connectivity index (χ1) is 19.1. The van der Waals surface area contributed by atoms with Crippen molar-refractivity contribution in [2.24, 2.45) is 5.92 Å². The average molecular weight is 566 g/mol. The lowest BCUT2D eigenvalue weighted by Crippen LogP contribution is -2.51. The third-order valence-corrected chi connectivity index (χ3v) is 8.36. The van der Waals surface area contributed by atoms with E-state index in [9.17, 15) is 18.0 Å². The van der Waals surface area contributed by atoms with Gasteiger partial charge in [0.1, 0.15) is 18.3 Å². The second-order valence-corrected chi connectivity index (χ2v) is 11.9. The molecule has 9 heteroatoms. The molecule has 1 atom stereocenters. The van der Waals surface area contributed by atoms with Crippen molar-refractivity contribution in [3.63, 3.8) is 0 Å². The maximum absolute atomic E-state index is 14.1. The molecule has 8 nitrogen and oxygen atoms in total. The van der Waals surface area contributed by atoms with Gasteiger partial charge in [0.15, 0.2) is 0 Å². The fraction of sp³-hybridized carbons (Fsp3) is 0.355. The first-order valence-corrected chi connectivity index (χ1v) is 14.9. The first kappa shape index (κ1) is 30.7. The highest BCUT2D eigenvalue weighted by molar-refractivity contribution is 7.92. The molecule has 0 saturated carbocycles. The lowest BCUT2D eigenvalue weighted by Gasteiger charge is -2.32. The van der Waals surface area contributed by atoms with Gasteiger partial charge in [0.25, 0.3) is 10.0 Å². The highest BCUT2D eigenvalue weighted by Crippen LogP contribution is 2.28. The lowest BCUT2D eigenvalue weighted by molar-refractivity contribution is -0.139. The number of nitrogens with zero attached hydrogens (tertiary/aromatic N) is 2. The highest BCUT2D eigenvalue weighted by atomic mass is 32.2. The van der Waals surface area contributed by atoms with Crippen LogP contribution in [0.2, 0.25) is 0 Å². The van der Waals surface area contributed by atoms with Crippen LogP contribution in [0.4, 0.5) is 5.69 Å². The molecule has 0 radical (unpaired) electrons. The second-order valence-electron chi connectivity index (χ2n) is 10.00. The largest absolute Gasteiger partial charge is 0.497 e. The van der Waals surface area contributed by atoms with E-state index in [1.54, 1.807) is 56.5 Å². The highest BCUT2D eigenvalue weighted by Gasteiger charge is 2.33. The molecule has 0 aliphatic heterocycles. The van der Waals surface area contributed by atoms with Crippen molar-refractivity contribution in [3.05, 3.63) is 90.0 Å². The summed E-state index contributed by atoms with van der Waals surface area (Å²) < 4.78 is 34.4. The Morgan fingerprint density at radius 3 is 2.25 bits per heavy atom. The molecular formula is C31H39N3O5S. The number of para-hydroxylation sites is 1. The van der Waals surface area contributed by atoms with Crippen molar-refractivity contribution >= 4 is 27.5 Å². The zero-order valence-corrected chi connectivity index (χ0v) is 24.6. The fourth-order valence-corrected chi connectivity index (χ4v) is 5.76. The minimum absolute atomic E-state index is 0.0794. The Balaban J connectivity index is 2.04. The van der Waals surface area contributed by atoms with Gasteiger partial charge in [-0.05, 0) is 60.7 Å². The molecule has 0 unspecified atom stereocenters. The van der Waals surface area contributed by atoms with Crippen LogP contribution in [0, 0.1) is 5.92 Å². The van der Waals surface area contributed by atoms with Gasteiger partial charge in [-0.3, -0.25) is 13.9 Å². The Morgan fingerprint density at radius 2 is 1.60 bits per heavy atom. The van der Waals surface area contributed by atoms with Crippen molar-refractivity contribution < 1.29 is 22.7 Å². The Kier molecular flexibility index (Phi) is 10.7. The van der Waals surface area contributed by atoms with Gasteiger partial charge in [-0.15, -0.1) is 0 Å². The average Bonchev–Trinajstić information content (AvgIpc) is 2.97. The molecule has 0 bridgehead atoms. The van der Waals surface area contributed by atoms with Gasteiger partial charge in [0.2, 0.25) is 11.8 Å². The van der Waals surface area contributed by atoms with Crippen molar-refractivity contribution in [1.29, 1.82) is 0 Å². The second kappa shape index (κ2) is 14.0. The number of rotatable bonds is 13. The quantitative estimate of drug-likeness (QED) is 0.326. The number of sulfonamides is 1. The minimum atomic E-state index is -4.10. The van der Waals surface area contributed by atoms with Gasteiger partial charge in [0.05, 0.1) is 17.7 Å². The number of ether oxygens (including phenoxy) is 1. The lowest BCUT2D eigenvalue weighted by atomic mass is 10.1. The molecule has 40 heavy (non-hydrogen) atoms. The van der Waals surface area contributed by atoms with E-state index < -0.39 is 28.5 Å². The normalized spacial score (nSPS) is 12.1. The number of carbonyl (C=O) groups excluding carboxylic acids is 2. The topological polar surface area (TPSA) is 96.0 Å². The van der Waals surface area contributed by atoms with Crippen molar-refractivity contribution in [1.82, 2.24) is 10.2 Å². The number of nitrogens with one attached hydrogen (secondary N) is 1. The van der Waals surface area contributed by atoms with Crippen LogP contribution in [0.15, 0.2) is 83.8 Å². The molecule has 1 N–H and O–H groups in total. The summed E-state index contributed by atoms with van der Waals surface area (Å²) in [5, 5.41) is 2.90. The van der Waals surface area contributed by atoms with Gasteiger partial charge in [-0.1, -0.05) is 69.3 Å². The summed E-state index contributed by atoms with van der Waals surface area (Å²) in [7, 11) is -2.54. The molecule has 214 valence electrons. The summed E-state index contributed by atoms with van der Waals surface area (Å²) >= 11 is 0. The number of carbonyl (C=O) groups is 2. The monoisotopic (exact) mass is 565 g/mol. The van der Waals surface area contributed by atoms with Crippen LogP contribution in [0.25, 0.3) is 0 Å². The molecule has 0 heterocycles. The summed E-state index contributed by atoms with van der Waals surface area (Å²) in [6.07, 6.45) is 0.576. The zero-order chi connectivity index (χ0) is 29.3. The summed E-state index contributed by atoms with van der Waals surface area (Å²) in [4.78, 5) is 28.7. The molecule has 3 aromatic rings. The van der Waals surface area contributed by atoms with Gasteiger partial charge < -0.3 is 15.0 Å². The van der Waals surface area contributed by atoms with E-state index in [1.165, 1.54) is 17.0 Å². The number of aryl methyl sites for hydroxylation is 1. The van der Waals surface area contributed by atoms with E-state index in [0.29, 0.717) is 24.4 Å². The molecule has 0 aliphatic carbocycles. The summed E-state index contributed by atoms with van der Waals surface area (Å²) in [5.74, 6) is 0.0412. The standard InChI is InChI=1S/C31H39N3O5S/c1-6-26-14-10-11-18-29(26)34(40(37,38)28-16-8-7-9-17-28)22-30(35)33(24(4)31(36)32-20-23(2)3)21-25-13-12-15-27(19-25)39-5/h7-19,23-24H,6,20-22H2,1-5H3,(H,32,36)/t24-/m1/s1. The molecule has 3 rings (SSSR count). The molecule has 0 aliphatic rings. The van der Waals surface area contributed by atoms with Crippen molar-refractivity contribution in [3.8, 4) is 5.75 Å². The van der Waals surface area contributed by atoms with E-state index in [-0.39, 0.29) is 23.3 Å². The third-order valence-electron chi connectivity index (χ3n) is 6.59. The van der Waals surface area contributed by atoms with E-state index >= 15 is 0 Å². The van der Waals surface area contributed by atoms with Crippen LogP contribution in [0.1, 0.15) is 38.8 Å². The first-order valence-electron chi connectivity index (χ1n) is 13.4. The smallest absolute Gasteiger partial charge is 0.264 e. The zero-order valence-electron chi connectivity index (χ0n) is 23.8. The number of amides is 2. The molecule has 3 aromatic carbocycles. The Morgan fingerprint density at radius 1 is 0.925 bits per heavy atom. The van der Waals surface area contributed by atoms with Gasteiger partial charge >= 0.3 is 0 Å². The van der Waals surface area contributed by atoms with Gasteiger partial charge in [-0.25, -0.2) is 8.42 Å². The van der Waals surface area contributed by atoms with Gasteiger partial charge in [-0.2, -0.15) is 0 Å². The Hall–Kier alpha value is -3.85. The van der Waals surface area contributed by atoms with Crippen molar-refractivity contribution in [2.75, 3.05) is 24.5 Å². The Labute approximate surface area is 238 Å². The number of benzene rings is 3. The SMILES string of the molecule is CCc1ccccc1N(CC(=O)N(Cc1cccc(OC)c1)[C@H](C)C(=O)NCC(C)C)S(=O)(=O)c1ccccc1. The minimum Gasteiger partial charge on any atom is -0.497 e. The van der Waals surface area contributed by atoms with Crippen LogP contribution >= 0.6 is 0 Å². The van der Waals surface area contributed by atoms with Crippen LogP contribution in [0.3, 0.4) is 0 Å². The molecule has 0 saturated heterocycles. The number of hydrogen-bond acceptors (Lipinski definition) is 5. The molecular weight excluding hydrogens is 526 g/mol. The predicted molar refractivity (Wildman–Crippen MR) is 158 cm³/mol. The van der Waals surface area contributed by atoms with E-state index in [1.807, 2.05) is 45.0 Å². The van der Waals surface area contributed by atoms with Crippen LogP contribution in [0.5, 0.6) is 5.75 Å². The van der Waals surface area contributed by atoms with Crippen molar-refractivity contribution in [2.45, 2.75) is 51.6 Å². The predicted octanol–water partition coefficient (Wildman–Crippen LogP) is 4.64. The molecule has 0 fully saturated rings. The van der Waals surface area contributed by atoms with Gasteiger partial charge in [0, 0.05) is 13.1 Å². The number of anilines is 1.